The van der Waals surface area contributed by atoms with Gasteiger partial charge in [-0.1, -0.05) is 34.1 Å². The Morgan fingerprint density at radius 3 is 2.29 bits per heavy atom. The molecular formula is C22H23BrF3N3O2. The SMILES string of the molecule is CC(=O)NC(CC(=O)N1CCN(c2cccc(C(F)(F)F)c2)CC1)c1ccc(Br)cc1. The average Bonchev–Trinajstić information content (AvgIpc) is 2.73. The molecule has 1 atom stereocenters. The second-order valence-corrected chi connectivity index (χ2v) is 8.34. The monoisotopic (exact) mass is 497 g/mol. The lowest BCUT2D eigenvalue weighted by Crippen LogP contribution is -2.49. The second-order valence-electron chi connectivity index (χ2n) is 7.42. The minimum absolute atomic E-state index is 0.106. The summed E-state index contributed by atoms with van der Waals surface area (Å²) < 4.78 is 39.8. The van der Waals surface area contributed by atoms with E-state index in [2.05, 4.69) is 21.2 Å². The summed E-state index contributed by atoms with van der Waals surface area (Å²) in [6, 6.07) is 12.2. The van der Waals surface area contributed by atoms with E-state index in [9.17, 15) is 22.8 Å². The number of rotatable bonds is 5. The molecule has 0 saturated carbocycles. The zero-order valence-corrected chi connectivity index (χ0v) is 18.5. The Balaban J connectivity index is 1.62. The van der Waals surface area contributed by atoms with Crippen molar-refractivity contribution in [2.45, 2.75) is 25.6 Å². The number of nitrogens with one attached hydrogen (secondary N) is 1. The van der Waals surface area contributed by atoms with Gasteiger partial charge in [0, 0.05) is 43.3 Å². The summed E-state index contributed by atoms with van der Waals surface area (Å²) in [5.41, 5.74) is 0.637. The summed E-state index contributed by atoms with van der Waals surface area (Å²) in [5, 5.41) is 2.82. The van der Waals surface area contributed by atoms with Crippen LogP contribution in [0.2, 0.25) is 0 Å². The van der Waals surface area contributed by atoms with Crippen LogP contribution in [0.4, 0.5) is 18.9 Å². The van der Waals surface area contributed by atoms with E-state index in [0.29, 0.717) is 31.9 Å². The standard InChI is InChI=1S/C22H23BrF3N3O2/c1-15(30)27-20(16-5-7-18(23)8-6-16)14-21(31)29-11-9-28(10-12-29)19-4-2-3-17(13-19)22(24,25)26/h2-8,13,20H,9-12,14H2,1H3,(H,27,30). The Kier molecular flexibility index (Phi) is 7.25. The maximum atomic E-state index is 13.0. The predicted molar refractivity (Wildman–Crippen MR) is 116 cm³/mol. The summed E-state index contributed by atoms with van der Waals surface area (Å²) in [6.45, 7) is 3.10. The Morgan fingerprint density at radius 1 is 1.06 bits per heavy atom. The normalized spacial score (nSPS) is 15.5. The third-order valence-corrected chi connectivity index (χ3v) is 5.73. The van der Waals surface area contributed by atoms with Crippen LogP contribution in [0.5, 0.6) is 0 Å². The van der Waals surface area contributed by atoms with Gasteiger partial charge in [-0.15, -0.1) is 0 Å². The fourth-order valence-corrected chi connectivity index (χ4v) is 3.85. The van der Waals surface area contributed by atoms with Crippen LogP contribution in [0.15, 0.2) is 53.0 Å². The molecule has 0 spiro atoms. The van der Waals surface area contributed by atoms with Crippen LogP contribution >= 0.6 is 15.9 Å². The van der Waals surface area contributed by atoms with Crippen LogP contribution < -0.4 is 10.2 Å². The number of amides is 2. The summed E-state index contributed by atoms with van der Waals surface area (Å²) in [6.07, 6.45) is -4.27. The van der Waals surface area contributed by atoms with Crippen molar-refractivity contribution in [2.75, 3.05) is 31.1 Å². The van der Waals surface area contributed by atoms with Gasteiger partial charge in [0.05, 0.1) is 18.0 Å². The molecule has 31 heavy (non-hydrogen) atoms. The van der Waals surface area contributed by atoms with Crippen LogP contribution in [0.3, 0.4) is 0 Å². The summed E-state index contributed by atoms with van der Waals surface area (Å²) in [7, 11) is 0. The maximum Gasteiger partial charge on any atom is 0.416 e. The number of hydrogen-bond donors (Lipinski definition) is 1. The lowest BCUT2D eigenvalue weighted by atomic mass is 10.0. The smallest absolute Gasteiger partial charge is 0.368 e. The van der Waals surface area contributed by atoms with Gasteiger partial charge in [-0.25, -0.2) is 0 Å². The Bertz CT molecular complexity index is 926. The number of halogens is 4. The van der Waals surface area contributed by atoms with Crippen molar-refractivity contribution in [1.82, 2.24) is 10.2 Å². The number of hydrogen-bond acceptors (Lipinski definition) is 3. The van der Waals surface area contributed by atoms with Gasteiger partial charge in [0.25, 0.3) is 0 Å². The van der Waals surface area contributed by atoms with E-state index in [1.165, 1.54) is 13.0 Å². The number of benzene rings is 2. The molecule has 166 valence electrons. The van der Waals surface area contributed by atoms with E-state index in [1.807, 2.05) is 29.2 Å². The average molecular weight is 498 g/mol. The lowest BCUT2D eigenvalue weighted by Gasteiger charge is -2.37. The number of carbonyl (C=O) groups excluding carboxylic acids is 2. The van der Waals surface area contributed by atoms with Crippen molar-refractivity contribution < 1.29 is 22.8 Å². The molecule has 1 unspecified atom stereocenters. The van der Waals surface area contributed by atoms with Crippen molar-refractivity contribution in [3.63, 3.8) is 0 Å². The van der Waals surface area contributed by atoms with Crippen molar-refractivity contribution in [1.29, 1.82) is 0 Å². The van der Waals surface area contributed by atoms with Crippen molar-refractivity contribution in [3.8, 4) is 0 Å². The summed E-state index contributed by atoms with van der Waals surface area (Å²) in [4.78, 5) is 28.0. The first-order chi connectivity index (χ1) is 14.6. The van der Waals surface area contributed by atoms with Gasteiger partial charge in [0.2, 0.25) is 11.8 Å². The highest BCUT2D eigenvalue weighted by Crippen LogP contribution is 2.32. The minimum Gasteiger partial charge on any atom is -0.368 e. The van der Waals surface area contributed by atoms with Crippen LogP contribution in [-0.2, 0) is 15.8 Å². The molecule has 5 nitrogen and oxygen atoms in total. The Morgan fingerprint density at radius 2 is 1.71 bits per heavy atom. The van der Waals surface area contributed by atoms with Gasteiger partial charge in [-0.05, 0) is 35.9 Å². The van der Waals surface area contributed by atoms with E-state index in [4.69, 9.17) is 0 Å². The second kappa shape index (κ2) is 9.72. The zero-order valence-electron chi connectivity index (χ0n) is 17.0. The fourth-order valence-electron chi connectivity index (χ4n) is 3.59. The highest BCUT2D eigenvalue weighted by atomic mass is 79.9. The van der Waals surface area contributed by atoms with E-state index in [0.717, 1.165) is 22.2 Å². The third-order valence-electron chi connectivity index (χ3n) is 5.20. The van der Waals surface area contributed by atoms with E-state index >= 15 is 0 Å². The van der Waals surface area contributed by atoms with Crippen LogP contribution in [0.1, 0.15) is 30.5 Å². The molecule has 1 N–H and O–H groups in total. The quantitative estimate of drug-likeness (QED) is 0.666. The number of carbonyl (C=O) groups is 2. The van der Waals surface area contributed by atoms with Gasteiger partial charge < -0.3 is 15.1 Å². The topological polar surface area (TPSA) is 52.7 Å². The number of alkyl halides is 3. The summed E-state index contributed by atoms with van der Waals surface area (Å²) >= 11 is 3.37. The molecule has 9 heteroatoms. The molecule has 1 aliphatic heterocycles. The van der Waals surface area contributed by atoms with Crippen molar-refractivity contribution >= 4 is 33.4 Å². The molecule has 1 fully saturated rings. The molecule has 1 saturated heterocycles. The third kappa shape index (κ3) is 6.22. The minimum atomic E-state index is -4.39. The van der Waals surface area contributed by atoms with Gasteiger partial charge in [-0.2, -0.15) is 13.2 Å². The molecule has 2 aromatic rings. The molecule has 3 rings (SSSR count). The first-order valence-electron chi connectivity index (χ1n) is 9.86. The highest BCUT2D eigenvalue weighted by molar-refractivity contribution is 9.10. The highest BCUT2D eigenvalue weighted by Gasteiger charge is 2.31. The maximum absolute atomic E-state index is 13.0. The summed E-state index contributed by atoms with van der Waals surface area (Å²) in [5.74, 6) is -0.333. The zero-order chi connectivity index (χ0) is 22.6. The fraction of sp³-hybridized carbons (Fsp3) is 0.364. The molecule has 2 amide bonds. The van der Waals surface area contributed by atoms with Gasteiger partial charge >= 0.3 is 6.18 Å². The number of piperazine rings is 1. The largest absolute Gasteiger partial charge is 0.416 e. The first-order valence-corrected chi connectivity index (χ1v) is 10.7. The number of nitrogens with zero attached hydrogens (tertiary/aromatic N) is 2. The van der Waals surface area contributed by atoms with Crippen LogP contribution in [-0.4, -0.2) is 42.9 Å². The molecule has 1 aliphatic rings. The molecule has 2 aromatic carbocycles. The van der Waals surface area contributed by atoms with Gasteiger partial charge in [0.15, 0.2) is 0 Å². The predicted octanol–water partition coefficient (Wildman–Crippen LogP) is 4.38. The molecular weight excluding hydrogens is 475 g/mol. The molecule has 0 bridgehead atoms. The molecule has 1 heterocycles. The molecule has 0 aromatic heterocycles. The first kappa shape index (κ1) is 23.1. The number of anilines is 1. The van der Waals surface area contributed by atoms with Gasteiger partial charge in [0.1, 0.15) is 0 Å². The Labute approximate surface area is 187 Å². The lowest BCUT2D eigenvalue weighted by molar-refractivity contribution is -0.137. The molecule has 0 aliphatic carbocycles. The van der Waals surface area contributed by atoms with Gasteiger partial charge in [-0.3, -0.25) is 9.59 Å². The van der Waals surface area contributed by atoms with Crippen LogP contribution in [0.25, 0.3) is 0 Å². The van der Waals surface area contributed by atoms with E-state index in [-0.39, 0.29) is 18.2 Å². The van der Waals surface area contributed by atoms with Crippen molar-refractivity contribution in [2.24, 2.45) is 0 Å². The van der Waals surface area contributed by atoms with Crippen molar-refractivity contribution in [3.05, 3.63) is 64.1 Å². The van der Waals surface area contributed by atoms with E-state index < -0.39 is 17.8 Å². The van der Waals surface area contributed by atoms with E-state index in [1.54, 1.807) is 11.0 Å². The Hall–Kier alpha value is -2.55. The van der Waals surface area contributed by atoms with Crippen LogP contribution in [0, 0.1) is 0 Å². The molecule has 0 radical (unpaired) electrons.